The number of nitrogens with one attached hydrogen (secondary N) is 2. The Kier molecular flexibility index (Phi) is 4.55. The normalized spacial score (nSPS) is 35.1. The van der Waals surface area contributed by atoms with E-state index in [1.807, 2.05) is 0 Å². The zero-order valence-corrected chi connectivity index (χ0v) is 11.7. The van der Waals surface area contributed by atoms with Gasteiger partial charge in [-0.1, -0.05) is 0 Å². The minimum atomic E-state index is -0.558. The third-order valence-corrected chi connectivity index (χ3v) is 4.38. The van der Waals surface area contributed by atoms with Crippen LogP contribution >= 0.6 is 0 Å². The minimum Gasteiger partial charge on any atom is -0.389 e. The molecule has 3 aliphatic rings. The molecule has 1 aliphatic carbocycles. The Balaban J connectivity index is 1.41. The molecule has 0 aromatic rings. The summed E-state index contributed by atoms with van der Waals surface area (Å²) in [6, 6.07) is 0.354. The van der Waals surface area contributed by atoms with Gasteiger partial charge in [-0.15, -0.1) is 0 Å². The zero-order chi connectivity index (χ0) is 13.9. The molecular weight excluding hydrogens is 260 g/mol. The molecule has 2 heterocycles. The average molecular weight is 284 g/mol. The van der Waals surface area contributed by atoms with Crippen molar-refractivity contribution in [2.45, 2.75) is 50.0 Å². The first kappa shape index (κ1) is 14.3. The highest BCUT2D eigenvalue weighted by Crippen LogP contribution is 2.28. The number of hydrogen-bond donors (Lipinski definition) is 3. The average Bonchev–Trinajstić information content (AvgIpc) is 3.26. The van der Waals surface area contributed by atoms with Crippen molar-refractivity contribution < 1.29 is 19.4 Å². The first-order valence-electron chi connectivity index (χ1n) is 7.65. The fourth-order valence-corrected chi connectivity index (χ4v) is 2.87. The maximum absolute atomic E-state index is 11.6. The summed E-state index contributed by atoms with van der Waals surface area (Å²) in [4.78, 5) is 11.6. The Morgan fingerprint density at radius 3 is 2.65 bits per heavy atom. The predicted molar refractivity (Wildman–Crippen MR) is 72.2 cm³/mol. The SMILES string of the molecule is O=C(NC[C@H]1OC[C@@H](NC2CCOCC2)[C@@H]1O)C1CC1. The maximum Gasteiger partial charge on any atom is 0.223 e. The van der Waals surface area contributed by atoms with E-state index in [1.54, 1.807) is 0 Å². The summed E-state index contributed by atoms with van der Waals surface area (Å²) in [5.41, 5.74) is 0. The molecule has 0 aromatic heterocycles. The molecule has 0 unspecified atom stereocenters. The number of rotatable bonds is 5. The molecule has 0 radical (unpaired) electrons. The maximum atomic E-state index is 11.6. The minimum absolute atomic E-state index is 0.0408. The van der Waals surface area contributed by atoms with E-state index < -0.39 is 6.10 Å². The highest BCUT2D eigenvalue weighted by atomic mass is 16.5. The first-order chi connectivity index (χ1) is 9.74. The molecule has 20 heavy (non-hydrogen) atoms. The van der Waals surface area contributed by atoms with Crippen LogP contribution in [0.1, 0.15) is 25.7 Å². The molecule has 3 rings (SSSR count). The quantitative estimate of drug-likeness (QED) is 0.629. The number of aliphatic hydroxyl groups excluding tert-OH is 1. The molecule has 1 amide bonds. The molecule has 3 atom stereocenters. The van der Waals surface area contributed by atoms with Crippen LogP contribution in [-0.2, 0) is 14.3 Å². The van der Waals surface area contributed by atoms with Gasteiger partial charge in [0, 0.05) is 31.7 Å². The smallest absolute Gasteiger partial charge is 0.223 e. The fraction of sp³-hybridized carbons (Fsp3) is 0.929. The Labute approximate surface area is 119 Å². The molecule has 2 saturated heterocycles. The van der Waals surface area contributed by atoms with Crippen LogP contribution in [0.2, 0.25) is 0 Å². The van der Waals surface area contributed by atoms with E-state index in [9.17, 15) is 9.90 Å². The van der Waals surface area contributed by atoms with Gasteiger partial charge in [0.1, 0.15) is 6.10 Å². The molecule has 0 bridgehead atoms. The van der Waals surface area contributed by atoms with E-state index in [-0.39, 0.29) is 24.0 Å². The molecule has 6 nitrogen and oxygen atoms in total. The topological polar surface area (TPSA) is 79.8 Å². The van der Waals surface area contributed by atoms with Crippen molar-refractivity contribution in [1.82, 2.24) is 10.6 Å². The van der Waals surface area contributed by atoms with E-state index in [1.165, 1.54) is 0 Å². The molecular formula is C14H24N2O4. The van der Waals surface area contributed by atoms with Gasteiger partial charge in [-0.2, -0.15) is 0 Å². The van der Waals surface area contributed by atoms with Gasteiger partial charge >= 0.3 is 0 Å². The van der Waals surface area contributed by atoms with Crippen molar-refractivity contribution in [2.75, 3.05) is 26.4 Å². The van der Waals surface area contributed by atoms with Crippen LogP contribution in [0.5, 0.6) is 0 Å². The zero-order valence-electron chi connectivity index (χ0n) is 11.7. The second-order valence-corrected chi connectivity index (χ2v) is 6.04. The number of hydrogen-bond acceptors (Lipinski definition) is 5. The predicted octanol–water partition coefficient (Wildman–Crippen LogP) is -0.590. The van der Waals surface area contributed by atoms with E-state index >= 15 is 0 Å². The monoisotopic (exact) mass is 284 g/mol. The molecule has 0 spiro atoms. The summed E-state index contributed by atoms with van der Waals surface area (Å²) in [7, 11) is 0. The highest BCUT2D eigenvalue weighted by Gasteiger charge is 2.38. The Bertz CT molecular complexity index is 342. The van der Waals surface area contributed by atoms with Gasteiger partial charge in [0.25, 0.3) is 0 Å². The molecule has 6 heteroatoms. The number of ether oxygens (including phenoxy) is 2. The van der Waals surface area contributed by atoms with Crippen LogP contribution in [0.15, 0.2) is 0 Å². The van der Waals surface area contributed by atoms with E-state index in [4.69, 9.17) is 9.47 Å². The van der Waals surface area contributed by atoms with Crippen molar-refractivity contribution >= 4 is 5.91 Å². The summed E-state index contributed by atoms with van der Waals surface area (Å²) < 4.78 is 10.9. The number of amides is 1. The summed E-state index contributed by atoms with van der Waals surface area (Å²) in [5, 5.41) is 16.6. The Hall–Kier alpha value is -0.690. The largest absolute Gasteiger partial charge is 0.389 e. The summed E-state index contributed by atoms with van der Waals surface area (Å²) in [6.45, 7) is 2.47. The lowest BCUT2D eigenvalue weighted by atomic mass is 10.0. The fourth-order valence-electron chi connectivity index (χ4n) is 2.87. The van der Waals surface area contributed by atoms with Crippen molar-refractivity contribution in [2.24, 2.45) is 5.92 Å². The lowest BCUT2D eigenvalue weighted by molar-refractivity contribution is -0.123. The van der Waals surface area contributed by atoms with Gasteiger partial charge in [-0.3, -0.25) is 4.79 Å². The highest BCUT2D eigenvalue weighted by molar-refractivity contribution is 5.80. The second-order valence-electron chi connectivity index (χ2n) is 6.04. The molecule has 3 fully saturated rings. The van der Waals surface area contributed by atoms with Crippen LogP contribution in [0.4, 0.5) is 0 Å². The van der Waals surface area contributed by atoms with Gasteiger partial charge in [-0.25, -0.2) is 0 Å². The number of carbonyl (C=O) groups is 1. The van der Waals surface area contributed by atoms with Gasteiger partial charge in [0.05, 0.1) is 18.8 Å². The summed E-state index contributed by atoms with van der Waals surface area (Å²) in [5.74, 6) is 0.298. The van der Waals surface area contributed by atoms with Crippen molar-refractivity contribution in [3.05, 3.63) is 0 Å². The lowest BCUT2D eigenvalue weighted by Crippen LogP contribution is -2.49. The molecule has 1 saturated carbocycles. The third-order valence-electron chi connectivity index (χ3n) is 4.38. The Morgan fingerprint density at radius 2 is 1.95 bits per heavy atom. The van der Waals surface area contributed by atoms with Crippen molar-refractivity contribution in [3.63, 3.8) is 0 Å². The van der Waals surface area contributed by atoms with Crippen LogP contribution in [0.3, 0.4) is 0 Å². The van der Waals surface area contributed by atoms with Crippen LogP contribution in [0.25, 0.3) is 0 Å². The van der Waals surface area contributed by atoms with E-state index in [2.05, 4.69) is 10.6 Å². The standard InChI is InChI=1S/C14H24N2O4/c17-13-11(16-10-3-5-19-6-4-10)8-20-12(13)7-15-14(18)9-1-2-9/h9-13,16-17H,1-8H2,(H,15,18)/t11-,12-,13+/m1/s1. The lowest BCUT2D eigenvalue weighted by Gasteiger charge is -2.27. The van der Waals surface area contributed by atoms with Crippen LogP contribution < -0.4 is 10.6 Å². The first-order valence-corrected chi connectivity index (χ1v) is 7.65. The van der Waals surface area contributed by atoms with Gasteiger partial charge < -0.3 is 25.2 Å². The summed E-state index contributed by atoms with van der Waals surface area (Å²) >= 11 is 0. The number of carbonyl (C=O) groups excluding carboxylic acids is 1. The molecule has 114 valence electrons. The molecule has 3 N–H and O–H groups in total. The van der Waals surface area contributed by atoms with Crippen molar-refractivity contribution in [3.8, 4) is 0 Å². The molecule has 2 aliphatic heterocycles. The van der Waals surface area contributed by atoms with E-state index in [0.717, 1.165) is 38.9 Å². The van der Waals surface area contributed by atoms with Gasteiger partial charge in [-0.05, 0) is 25.7 Å². The molecule has 0 aromatic carbocycles. The van der Waals surface area contributed by atoms with Gasteiger partial charge in [0.15, 0.2) is 0 Å². The van der Waals surface area contributed by atoms with Gasteiger partial charge in [0.2, 0.25) is 5.91 Å². The Morgan fingerprint density at radius 1 is 1.20 bits per heavy atom. The number of aliphatic hydroxyl groups is 1. The van der Waals surface area contributed by atoms with Crippen LogP contribution in [-0.4, -0.2) is 61.7 Å². The van der Waals surface area contributed by atoms with E-state index in [0.29, 0.717) is 19.2 Å². The third kappa shape index (κ3) is 3.49. The van der Waals surface area contributed by atoms with Crippen molar-refractivity contribution in [1.29, 1.82) is 0 Å². The second kappa shape index (κ2) is 6.39. The van der Waals surface area contributed by atoms with Crippen LogP contribution in [0, 0.1) is 5.92 Å². The summed E-state index contributed by atoms with van der Waals surface area (Å²) in [6.07, 6.45) is 3.09.